The molecule has 0 aliphatic carbocycles. The Labute approximate surface area is 103 Å². The number of sulfonamides is 1. The fraction of sp³-hybridized carbons (Fsp3) is 0.500. The van der Waals surface area contributed by atoms with Crippen molar-refractivity contribution in [2.24, 2.45) is 5.73 Å². The van der Waals surface area contributed by atoms with Crippen molar-refractivity contribution in [1.29, 1.82) is 0 Å². The summed E-state index contributed by atoms with van der Waals surface area (Å²) in [5.41, 5.74) is 6.41. The largest absolute Gasteiger partial charge is 0.326 e. The molecule has 0 amide bonds. The molecular formula is C12H20N2O2S. The summed E-state index contributed by atoms with van der Waals surface area (Å²) in [5, 5.41) is 0. The normalized spacial score (nSPS) is 12.4. The summed E-state index contributed by atoms with van der Waals surface area (Å²) < 4.78 is 26.1. The van der Waals surface area contributed by atoms with Crippen LogP contribution in [0.1, 0.15) is 26.3 Å². The second-order valence-corrected chi connectivity index (χ2v) is 6.04. The van der Waals surface area contributed by atoms with Gasteiger partial charge in [0.05, 0.1) is 4.90 Å². The standard InChI is InChI=1S/C12H20N2O2S/c1-4-14(10(2)3)17(15,16)12-7-5-11(9-13)6-8-12/h5-8,10H,4,9,13H2,1-3H3. The minimum atomic E-state index is -3.38. The average molecular weight is 256 g/mol. The third-order valence-electron chi connectivity index (χ3n) is 2.65. The highest BCUT2D eigenvalue weighted by Crippen LogP contribution is 2.18. The Hall–Kier alpha value is -0.910. The quantitative estimate of drug-likeness (QED) is 0.869. The van der Waals surface area contributed by atoms with Gasteiger partial charge in [0.1, 0.15) is 0 Å². The lowest BCUT2D eigenvalue weighted by molar-refractivity contribution is 0.369. The van der Waals surface area contributed by atoms with Crippen LogP contribution < -0.4 is 5.73 Å². The Morgan fingerprint density at radius 2 is 1.76 bits per heavy atom. The van der Waals surface area contributed by atoms with Gasteiger partial charge in [0.25, 0.3) is 0 Å². The van der Waals surface area contributed by atoms with Crippen LogP contribution >= 0.6 is 0 Å². The number of rotatable bonds is 5. The molecule has 1 aromatic carbocycles. The van der Waals surface area contributed by atoms with E-state index in [1.54, 1.807) is 24.3 Å². The van der Waals surface area contributed by atoms with Crippen molar-refractivity contribution in [2.45, 2.75) is 38.3 Å². The van der Waals surface area contributed by atoms with E-state index in [4.69, 9.17) is 5.73 Å². The molecule has 0 atom stereocenters. The molecule has 0 saturated carbocycles. The monoisotopic (exact) mass is 256 g/mol. The highest BCUT2D eigenvalue weighted by molar-refractivity contribution is 7.89. The van der Waals surface area contributed by atoms with E-state index in [2.05, 4.69) is 0 Å². The van der Waals surface area contributed by atoms with Gasteiger partial charge in [0, 0.05) is 19.1 Å². The van der Waals surface area contributed by atoms with Gasteiger partial charge in [0.2, 0.25) is 10.0 Å². The molecule has 0 aliphatic rings. The van der Waals surface area contributed by atoms with Gasteiger partial charge in [-0.3, -0.25) is 0 Å². The Morgan fingerprint density at radius 3 is 2.12 bits per heavy atom. The molecule has 2 N–H and O–H groups in total. The smallest absolute Gasteiger partial charge is 0.243 e. The van der Waals surface area contributed by atoms with Crippen LogP contribution in [0.25, 0.3) is 0 Å². The number of nitrogens with zero attached hydrogens (tertiary/aromatic N) is 1. The zero-order valence-corrected chi connectivity index (χ0v) is 11.4. The molecule has 1 rings (SSSR count). The van der Waals surface area contributed by atoms with E-state index in [0.717, 1.165) is 5.56 Å². The van der Waals surface area contributed by atoms with Gasteiger partial charge < -0.3 is 5.73 Å². The van der Waals surface area contributed by atoms with Crippen molar-refractivity contribution in [3.63, 3.8) is 0 Å². The maximum atomic E-state index is 12.3. The summed E-state index contributed by atoms with van der Waals surface area (Å²) in [6.45, 7) is 6.47. The summed E-state index contributed by atoms with van der Waals surface area (Å²) in [4.78, 5) is 0.324. The van der Waals surface area contributed by atoms with Crippen LogP contribution in [0.2, 0.25) is 0 Å². The van der Waals surface area contributed by atoms with Crippen LogP contribution in [0.5, 0.6) is 0 Å². The Balaban J connectivity index is 3.11. The van der Waals surface area contributed by atoms with Crippen LogP contribution in [0.3, 0.4) is 0 Å². The van der Waals surface area contributed by atoms with Crippen LogP contribution in [0.15, 0.2) is 29.2 Å². The van der Waals surface area contributed by atoms with Gasteiger partial charge in [-0.2, -0.15) is 4.31 Å². The summed E-state index contributed by atoms with van der Waals surface area (Å²) >= 11 is 0. The van der Waals surface area contributed by atoms with E-state index in [-0.39, 0.29) is 6.04 Å². The fourth-order valence-electron chi connectivity index (χ4n) is 1.75. The van der Waals surface area contributed by atoms with E-state index in [0.29, 0.717) is 18.0 Å². The molecule has 0 unspecified atom stereocenters. The fourth-order valence-corrected chi connectivity index (χ4v) is 3.39. The van der Waals surface area contributed by atoms with Gasteiger partial charge in [-0.05, 0) is 31.5 Å². The summed E-state index contributed by atoms with van der Waals surface area (Å²) in [6, 6.07) is 6.69. The summed E-state index contributed by atoms with van der Waals surface area (Å²) in [7, 11) is -3.38. The highest BCUT2D eigenvalue weighted by Gasteiger charge is 2.24. The molecule has 96 valence electrons. The lowest BCUT2D eigenvalue weighted by atomic mass is 10.2. The minimum Gasteiger partial charge on any atom is -0.326 e. The third-order valence-corrected chi connectivity index (χ3v) is 4.82. The summed E-state index contributed by atoms with van der Waals surface area (Å²) in [5.74, 6) is 0. The first-order valence-electron chi connectivity index (χ1n) is 5.74. The van der Waals surface area contributed by atoms with Crippen molar-refractivity contribution >= 4 is 10.0 Å². The molecule has 0 radical (unpaired) electrons. The topological polar surface area (TPSA) is 63.4 Å². The van der Waals surface area contributed by atoms with E-state index < -0.39 is 10.0 Å². The van der Waals surface area contributed by atoms with E-state index in [1.165, 1.54) is 4.31 Å². The van der Waals surface area contributed by atoms with Gasteiger partial charge in [-0.1, -0.05) is 19.1 Å². The predicted octanol–water partition coefficient (Wildman–Crippen LogP) is 1.56. The number of benzene rings is 1. The maximum Gasteiger partial charge on any atom is 0.243 e. The highest BCUT2D eigenvalue weighted by atomic mass is 32.2. The van der Waals surface area contributed by atoms with Crippen molar-refractivity contribution in [3.8, 4) is 0 Å². The molecule has 0 aromatic heterocycles. The second kappa shape index (κ2) is 5.62. The molecule has 0 aliphatic heterocycles. The second-order valence-electron chi connectivity index (χ2n) is 4.15. The Kier molecular flexibility index (Phi) is 4.68. The average Bonchev–Trinajstić information content (AvgIpc) is 2.29. The molecule has 17 heavy (non-hydrogen) atoms. The molecule has 0 spiro atoms. The molecule has 5 heteroatoms. The van der Waals surface area contributed by atoms with Gasteiger partial charge in [-0.25, -0.2) is 8.42 Å². The molecule has 0 fully saturated rings. The Morgan fingerprint density at radius 1 is 1.24 bits per heavy atom. The minimum absolute atomic E-state index is 0.0424. The SMILES string of the molecule is CCN(C(C)C)S(=O)(=O)c1ccc(CN)cc1. The summed E-state index contributed by atoms with van der Waals surface area (Å²) in [6.07, 6.45) is 0. The molecule has 0 saturated heterocycles. The van der Waals surface area contributed by atoms with Crippen molar-refractivity contribution < 1.29 is 8.42 Å². The molecule has 0 heterocycles. The lowest BCUT2D eigenvalue weighted by Crippen LogP contribution is -2.36. The number of nitrogens with two attached hydrogens (primary N) is 1. The van der Waals surface area contributed by atoms with Crippen molar-refractivity contribution in [3.05, 3.63) is 29.8 Å². The molecular weight excluding hydrogens is 236 g/mol. The third kappa shape index (κ3) is 3.06. The molecule has 0 bridgehead atoms. The van der Waals surface area contributed by atoms with E-state index in [9.17, 15) is 8.42 Å². The predicted molar refractivity (Wildman–Crippen MR) is 69.0 cm³/mol. The van der Waals surface area contributed by atoms with Crippen LogP contribution in [-0.4, -0.2) is 25.3 Å². The van der Waals surface area contributed by atoms with Gasteiger partial charge >= 0.3 is 0 Å². The Bertz CT molecular complexity index is 452. The van der Waals surface area contributed by atoms with E-state index >= 15 is 0 Å². The van der Waals surface area contributed by atoms with Crippen molar-refractivity contribution in [1.82, 2.24) is 4.31 Å². The molecule has 4 nitrogen and oxygen atoms in total. The van der Waals surface area contributed by atoms with Crippen LogP contribution in [0.4, 0.5) is 0 Å². The first-order chi connectivity index (χ1) is 7.93. The first kappa shape index (κ1) is 14.2. The maximum absolute atomic E-state index is 12.3. The van der Waals surface area contributed by atoms with Gasteiger partial charge in [-0.15, -0.1) is 0 Å². The lowest BCUT2D eigenvalue weighted by Gasteiger charge is -2.24. The molecule has 1 aromatic rings. The zero-order chi connectivity index (χ0) is 13.1. The van der Waals surface area contributed by atoms with Gasteiger partial charge in [0.15, 0.2) is 0 Å². The van der Waals surface area contributed by atoms with Crippen LogP contribution in [0, 0.1) is 0 Å². The van der Waals surface area contributed by atoms with Crippen LogP contribution in [-0.2, 0) is 16.6 Å². The zero-order valence-electron chi connectivity index (χ0n) is 10.6. The number of hydrogen-bond donors (Lipinski definition) is 1. The van der Waals surface area contributed by atoms with E-state index in [1.807, 2.05) is 20.8 Å². The van der Waals surface area contributed by atoms with Crippen molar-refractivity contribution in [2.75, 3.05) is 6.54 Å². The number of hydrogen-bond acceptors (Lipinski definition) is 3. The first-order valence-corrected chi connectivity index (χ1v) is 7.18.